The Morgan fingerprint density at radius 1 is 1.15 bits per heavy atom. The SMILES string of the molecule is Cc1ccc(CN2CCN(C(=O)[C@H]3CCC(=O)NC(=O)N3)CC2=O)cc1C. The minimum absolute atomic E-state index is 0.0164. The molecule has 8 nitrogen and oxygen atoms in total. The first-order valence-corrected chi connectivity index (χ1v) is 9.06. The number of piperazine rings is 1. The molecule has 2 saturated heterocycles. The van der Waals surface area contributed by atoms with Gasteiger partial charge < -0.3 is 15.1 Å². The van der Waals surface area contributed by atoms with E-state index in [0.717, 1.165) is 5.56 Å². The molecule has 1 atom stereocenters. The second-order valence-electron chi connectivity index (χ2n) is 7.11. The van der Waals surface area contributed by atoms with Gasteiger partial charge in [0.05, 0.1) is 6.54 Å². The van der Waals surface area contributed by atoms with Crippen LogP contribution < -0.4 is 10.6 Å². The normalized spacial score (nSPS) is 20.8. The fraction of sp³-hybridized carbons (Fsp3) is 0.474. The summed E-state index contributed by atoms with van der Waals surface area (Å²) in [5.41, 5.74) is 3.45. The Hall–Kier alpha value is -2.90. The molecule has 2 N–H and O–H groups in total. The van der Waals surface area contributed by atoms with Crippen LogP contribution in [0.15, 0.2) is 18.2 Å². The lowest BCUT2D eigenvalue weighted by molar-refractivity contribution is -0.146. The van der Waals surface area contributed by atoms with Gasteiger partial charge in [-0.2, -0.15) is 0 Å². The van der Waals surface area contributed by atoms with Crippen molar-refractivity contribution in [2.75, 3.05) is 19.6 Å². The summed E-state index contributed by atoms with van der Waals surface area (Å²) in [4.78, 5) is 51.3. The number of aryl methyl sites for hydroxylation is 2. The minimum atomic E-state index is -0.782. The molecular weight excluding hydrogens is 348 g/mol. The van der Waals surface area contributed by atoms with Crippen LogP contribution in [0.5, 0.6) is 0 Å². The lowest BCUT2D eigenvalue weighted by Gasteiger charge is -2.36. The number of imide groups is 1. The molecule has 2 aliphatic rings. The van der Waals surface area contributed by atoms with E-state index in [2.05, 4.69) is 16.7 Å². The Kier molecular flexibility index (Phi) is 5.43. The Bertz CT molecular complexity index is 792. The van der Waals surface area contributed by atoms with E-state index in [9.17, 15) is 19.2 Å². The number of carbonyl (C=O) groups is 4. The third-order valence-electron chi connectivity index (χ3n) is 5.09. The van der Waals surface area contributed by atoms with Crippen molar-refractivity contribution < 1.29 is 19.2 Å². The van der Waals surface area contributed by atoms with Gasteiger partial charge in [0, 0.05) is 26.1 Å². The van der Waals surface area contributed by atoms with E-state index in [1.165, 1.54) is 16.0 Å². The van der Waals surface area contributed by atoms with Crippen LogP contribution in [0.4, 0.5) is 4.79 Å². The highest BCUT2D eigenvalue weighted by molar-refractivity contribution is 5.99. The summed E-state index contributed by atoms with van der Waals surface area (Å²) in [6.45, 7) is 5.43. The number of hydrogen-bond donors (Lipinski definition) is 2. The lowest BCUT2D eigenvalue weighted by Crippen LogP contribution is -2.57. The predicted octanol–water partition coefficient (Wildman–Crippen LogP) is 0.462. The zero-order valence-electron chi connectivity index (χ0n) is 15.6. The van der Waals surface area contributed by atoms with Crippen molar-refractivity contribution in [3.63, 3.8) is 0 Å². The van der Waals surface area contributed by atoms with Crippen LogP contribution in [0.25, 0.3) is 0 Å². The molecule has 0 radical (unpaired) electrons. The number of rotatable bonds is 3. The molecule has 144 valence electrons. The Balaban J connectivity index is 1.59. The van der Waals surface area contributed by atoms with Crippen molar-refractivity contribution >= 4 is 23.8 Å². The van der Waals surface area contributed by atoms with E-state index >= 15 is 0 Å². The molecule has 0 unspecified atom stereocenters. The number of nitrogens with zero attached hydrogens (tertiary/aromatic N) is 2. The maximum atomic E-state index is 12.7. The van der Waals surface area contributed by atoms with Gasteiger partial charge in [0.1, 0.15) is 6.04 Å². The van der Waals surface area contributed by atoms with Gasteiger partial charge in [-0.15, -0.1) is 0 Å². The summed E-state index contributed by atoms with van der Waals surface area (Å²) in [6.07, 6.45) is 0.323. The summed E-state index contributed by atoms with van der Waals surface area (Å²) in [7, 11) is 0. The van der Waals surface area contributed by atoms with Crippen LogP contribution in [-0.2, 0) is 20.9 Å². The molecule has 27 heavy (non-hydrogen) atoms. The van der Waals surface area contributed by atoms with Gasteiger partial charge in [-0.05, 0) is 37.0 Å². The fourth-order valence-corrected chi connectivity index (χ4v) is 3.32. The van der Waals surface area contributed by atoms with Crippen molar-refractivity contribution in [1.82, 2.24) is 20.4 Å². The number of amides is 5. The summed E-state index contributed by atoms with van der Waals surface area (Å²) >= 11 is 0. The molecule has 2 aliphatic heterocycles. The molecule has 0 saturated carbocycles. The molecular formula is C19H24N4O4. The first-order valence-electron chi connectivity index (χ1n) is 9.06. The maximum absolute atomic E-state index is 12.7. The second-order valence-corrected chi connectivity index (χ2v) is 7.11. The Morgan fingerprint density at radius 3 is 2.63 bits per heavy atom. The maximum Gasteiger partial charge on any atom is 0.322 e. The largest absolute Gasteiger partial charge is 0.335 e. The van der Waals surface area contributed by atoms with Crippen LogP contribution in [0, 0.1) is 13.8 Å². The third-order valence-corrected chi connectivity index (χ3v) is 5.09. The minimum Gasteiger partial charge on any atom is -0.335 e. The van der Waals surface area contributed by atoms with Crippen LogP contribution in [-0.4, -0.2) is 59.2 Å². The van der Waals surface area contributed by atoms with Gasteiger partial charge in [-0.3, -0.25) is 19.7 Å². The summed E-state index contributed by atoms with van der Waals surface area (Å²) in [5.74, 6) is -0.849. The molecule has 8 heteroatoms. The highest BCUT2D eigenvalue weighted by Gasteiger charge is 2.33. The molecule has 0 aromatic heterocycles. The number of nitrogens with one attached hydrogen (secondary N) is 2. The summed E-state index contributed by atoms with van der Waals surface area (Å²) in [5, 5.41) is 4.64. The lowest BCUT2D eigenvalue weighted by atomic mass is 10.1. The van der Waals surface area contributed by atoms with Crippen molar-refractivity contribution in [3.8, 4) is 0 Å². The molecule has 0 aliphatic carbocycles. The highest BCUT2D eigenvalue weighted by Crippen LogP contribution is 2.15. The number of hydrogen-bond acceptors (Lipinski definition) is 4. The van der Waals surface area contributed by atoms with Gasteiger partial charge >= 0.3 is 6.03 Å². The van der Waals surface area contributed by atoms with E-state index in [1.807, 2.05) is 26.0 Å². The van der Waals surface area contributed by atoms with E-state index in [4.69, 9.17) is 0 Å². The standard InChI is InChI=1S/C19H24N4O4/c1-12-3-4-14(9-13(12)2)10-22-7-8-23(11-17(22)25)18(26)15-5-6-16(24)21-19(27)20-15/h3-4,9,15H,5-8,10-11H2,1-2H3,(H2,20,21,24,27)/t15-/m1/s1. The smallest absolute Gasteiger partial charge is 0.322 e. The number of benzene rings is 1. The average molecular weight is 372 g/mol. The van der Waals surface area contributed by atoms with Crippen LogP contribution >= 0.6 is 0 Å². The van der Waals surface area contributed by atoms with Crippen LogP contribution in [0.3, 0.4) is 0 Å². The summed E-state index contributed by atoms with van der Waals surface area (Å²) in [6, 6.07) is 4.67. The van der Waals surface area contributed by atoms with Gasteiger partial charge in [0.2, 0.25) is 17.7 Å². The van der Waals surface area contributed by atoms with E-state index < -0.39 is 18.0 Å². The van der Waals surface area contributed by atoms with Gasteiger partial charge in [-0.1, -0.05) is 18.2 Å². The topological polar surface area (TPSA) is 98.8 Å². The van der Waals surface area contributed by atoms with E-state index in [-0.39, 0.29) is 31.2 Å². The molecule has 1 aromatic rings. The molecule has 5 amide bonds. The zero-order chi connectivity index (χ0) is 19.6. The van der Waals surface area contributed by atoms with Gasteiger partial charge in [0.15, 0.2) is 0 Å². The molecule has 1 aromatic carbocycles. The first kappa shape index (κ1) is 18.9. The zero-order valence-corrected chi connectivity index (χ0v) is 15.6. The van der Waals surface area contributed by atoms with Crippen LogP contribution in [0.2, 0.25) is 0 Å². The van der Waals surface area contributed by atoms with Crippen molar-refractivity contribution in [2.45, 2.75) is 39.3 Å². The predicted molar refractivity (Wildman–Crippen MR) is 97.6 cm³/mol. The molecule has 2 heterocycles. The average Bonchev–Trinajstić information content (AvgIpc) is 2.79. The monoisotopic (exact) mass is 372 g/mol. The first-order chi connectivity index (χ1) is 12.8. The highest BCUT2D eigenvalue weighted by atomic mass is 16.2. The molecule has 0 bridgehead atoms. The fourth-order valence-electron chi connectivity index (χ4n) is 3.32. The Labute approximate surface area is 157 Å². The number of carbonyl (C=O) groups excluding carboxylic acids is 4. The van der Waals surface area contributed by atoms with Crippen molar-refractivity contribution in [2.24, 2.45) is 0 Å². The summed E-state index contributed by atoms with van der Waals surface area (Å²) < 4.78 is 0. The molecule has 3 rings (SSSR count). The van der Waals surface area contributed by atoms with Gasteiger partial charge in [-0.25, -0.2) is 4.79 Å². The van der Waals surface area contributed by atoms with E-state index in [0.29, 0.717) is 19.6 Å². The number of urea groups is 1. The van der Waals surface area contributed by atoms with Crippen molar-refractivity contribution in [3.05, 3.63) is 34.9 Å². The second kappa shape index (κ2) is 7.77. The van der Waals surface area contributed by atoms with Gasteiger partial charge in [0.25, 0.3) is 0 Å². The Morgan fingerprint density at radius 2 is 1.93 bits per heavy atom. The van der Waals surface area contributed by atoms with Crippen molar-refractivity contribution in [1.29, 1.82) is 0 Å². The quantitative estimate of drug-likeness (QED) is 0.805. The molecule has 0 spiro atoms. The van der Waals surface area contributed by atoms with E-state index in [1.54, 1.807) is 4.90 Å². The molecule has 2 fully saturated rings. The third kappa shape index (κ3) is 4.45. The van der Waals surface area contributed by atoms with Crippen LogP contribution in [0.1, 0.15) is 29.5 Å².